The second kappa shape index (κ2) is 4.31. The van der Waals surface area contributed by atoms with E-state index in [1.165, 1.54) is 11.1 Å². The number of nitrogens with one attached hydrogen (secondary N) is 1. The molecule has 3 nitrogen and oxygen atoms in total. The molecule has 1 aromatic carbocycles. The summed E-state index contributed by atoms with van der Waals surface area (Å²) in [7, 11) is 1.86. The summed E-state index contributed by atoms with van der Waals surface area (Å²) in [4.78, 5) is 8.75. The molecule has 0 saturated heterocycles. The number of hydrogen-bond donors (Lipinski definition) is 1. The van der Waals surface area contributed by atoms with Gasteiger partial charge < -0.3 is 5.32 Å². The van der Waals surface area contributed by atoms with Gasteiger partial charge in [0.25, 0.3) is 0 Å². The maximum atomic E-state index is 4.44. The standard InChI is InChI=1S/C13H15N3/c1-9-5-4-6-11(10(9)2)13-15-8-7-12(14-3)16-13/h4-8H,1-3H3,(H,14,15,16). The molecule has 0 amide bonds. The van der Waals surface area contributed by atoms with E-state index < -0.39 is 0 Å². The molecule has 0 fully saturated rings. The van der Waals surface area contributed by atoms with Crippen LogP contribution in [0.15, 0.2) is 30.5 Å². The van der Waals surface area contributed by atoms with E-state index in [-0.39, 0.29) is 0 Å². The van der Waals surface area contributed by atoms with Gasteiger partial charge in [-0.3, -0.25) is 0 Å². The van der Waals surface area contributed by atoms with Gasteiger partial charge in [0.05, 0.1) is 0 Å². The van der Waals surface area contributed by atoms with Gasteiger partial charge in [0.1, 0.15) is 5.82 Å². The number of nitrogens with zero attached hydrogens (tertiary/aromatic N) is 2. The molecule has 16 heavy (non-hydrogen) atoms. The Bertz CT molecular complexity index is 506. The SMILES string of the molecule is CNc1ccnc(-c2cccc(C)c2C)n1. The Morgan fingerprint density at radius 3 is 2.69 bits per heavy atom. The molecule has 2 rings (SSSR count). The topological polar surface area (TPSA) is 37.8 Å². The zero-order chi connectivity index (χ0) is 11.5. The lowest BCUT2D eigenvalue weighted by atomic mass is 10.0. The van der Waals surface area contributed by atoms with Crippen LogP contribution in [0.4, 0.5) is 5.82 Å². The molecule has 1 N–H and O–H groups in total. The van der Waals surface area contributed by atoms with Gasteiger partial charge in [-0.15, -0.1) is 0 Å². The van der Waals surface area contributed by atoms with Crippen molar-refractivity contribution in [1.82, 2.24) is 9.97 Å². The molecule has 2 aromatic rings. The third-order valence-corrected chi connectivity index (χ3v) is 2.76. The highest BCUT2D eigenvalue weighted by Crippen LogP contribution is 2.22. The molecular weight excluding hydrogens is 198 g/mol. The monoisotopic (exact) mass is 213 g/mol. The molecular formula is C13H15N3. The molecule has 0 spiro atoms. The lowest BCUT2D eigenvalue weighted by molar-refractivity contribution is 1.15. The van der Waals surface area contributed by atoms with Crippen LogP contribution in [0.25, 0.3) is 11.4 Å². The number of hydrogen-bond acceptors (Lipinski definition) is 3. The van der Waals surface area contributed by atoms with E-state index >= 15 is 0 Å². The lowest BCUT2D eigenvalue weighted by Crippen LogP contribution is -1.97. The predicted molar refractivity (Wildman–Crippen MR) is 66.5 cm³/mol. The molecule has 0 saturated carbocycles. The van der Waals surface area contributed by atoms with Gasteiger partial charge in [0, 0.05) is 18.8 Å². The minimum atomic E-state index is 0.771. The van der Waals surface area contributed by atoms with Crippen LogP contribution in [0.1, 0.15) is 11.1 Å². The molecule has 0 aliphatic carbocycles. The Morgan fingerprint density at radius 1 is 1.12 bits per heavy atom. The summed E-state index contributed by atoms with van der Waals surface area (Å²) < 4.78 is 0. The average molecular weight is 213 g/mol. The summed E-state index contributed by atoms with van der Waals surface area (Å²) in [5.41, 5.74) is 3.59. The Kier molecular flexibility index (Phi) is 2.86. The van der Waals surface area contributed by atoms with Crippen molar-refractivity contribution in [1.29, 1.82) is 0 Å². The van der Waals surface area contributed by atoms with Crippen LogP contribution < -0.4 is 5.32 Å². The van der Waals surface area contributed by atoms with Crippen LogP contribution in [-0.4, -0.2) is 17.0 Å². The molecule has 0 aliphatic rings. The maximum Gasteiger partial charge on any atom is 0.161 e. The highest BCUT2D eigenvalue weighted by Gasteiger charge is 2.06. The molecule has 82 valence electrons. The zero-order valence-electron chi connectivity index (χ0n) is 9.78. The fourth-order valence-corrected chi connectivity index (χ4v) is 1.62. The van der Waals surface area contributed by atoms with Crippen molar-refractivity contribution in [3.8, 4) is 11.4 Å². The number of anilines is 1. The second-order valence-electron chi connectivity index (χ2n) is 3.76. The fourth-order valence-electron chi connectivity index (χ4n) is 1.62. The fraction of sp³-hybridized carbons (Fsp3) is 0.231. The third kappa shape index (κ3) is 1.89. The summed E-state index contributed by atoms with van der Waals surface area (Å²) in [6.45, 7) is 4.20. The smallest absolute Gasteiger partial charge is 0.161 e. The van der Waals surface area contributed by atoms with Gasteiger partial charge in [-0.25, -0.2) is 9.97 Å². The van der Waals surface area contributed by atoms with E-state index in [0.717, 1.165) is 17.2 Å². The normalized spacial score (nSPS) is 10.2. The highest BCUT2D eigenvalue weighted by molar-refractivity contribution is 5.62. The Labute approximate surface area is 95.6 Å². The Balaban J connectivity index is 2.54. The predicted octanol–water partition coefficient (Wildman–Crippen LogP) is 2.80. The van der Waals surface area contributed by atoms with E-state index in [1.807, 2.05) is 19.2 Å². The van der Waals surface area contributed by atoms with Crippen molar-refractivity contribution in [2.75, 3.05) is 12.4 Å². The van der Waals surface area contributed by atoms with Crippen LogP contribution in [0.3, 0.4) is 0 Å². The van der Waals surface area contributed by atoms with Crippen molar-refractivity contribution < 1.29 is 0 Å². The van der Waals surface area contributed by atoms with Crippen LogP contribution in [0.2, 0.25) is 0 Å². The summed E-state index contributed by atoms with van der Waals surface area (Å²) in [6.07, 6.45) is 1.77. The maximum absolute atomic E-state index is 4.44. The largest absolute Gasteiger partial charge is 0.373 e. The van der Waals surface area contributed by atoms with Gasteiger partial charge in [-0.2, -0.15) is 0 Å². The minimum absolute atomic E-state index is 0.771. The van der Waals surface area contributed by atoms with Crippen molar-refractivity contribution in [3.63, 3.8) is 0 Å². The summed E-state index contributed by atoms with van der Waals surface area (Å²) in [5.74, 6) is 1.61. The quantitative estimate of drug-likeness (QED) is 0.833. The van der Waals surface area contributed by atoms with Crippen LogP contribution in [-0.2, 0) is 0 Å². The first kappa shape index (κ1) is 10.6. The lowest BCUT2D eigenvalue weighted by Gasteiger charge is -2.08. The summed E-state index contributed by atoms with van der Waals surface area (Å²) in [6, 6.07) is 8.04. The first-order chi connectivity index (χ1) is 7.72. The molecule has 3 heteroatoms. The first-order valence-electron chi connectivity index (χ1n) is 5.30. The van der Waals surface area contributed by atoms with E-state index in [9.17, 15) is 0 Å². The molecule has 0 bridgehead atoms. The number of benzene rings is 1. The van der Waals surface area contributed by atoms with Crippen LogP contribution in [0.5, 0.6) is 0 Å². The number of aromatic nitrogens is 2. The van der Waals surface area contributed by atoms with Gasteiger partial charge in [0.2, 0.25) is 0 Å². The Morgan fingerprint density at radius 2 is 1.94 bits per heavy atom. The highest BCUT2D eigenvalue weighted by atomic mass is 15.0. The van der Waals surface area contributed by atoms with Crippen molar-refractivity contribution in [3.05, 3.63) is 41.6 Å². The minimum Gasteiger partial charge on any atom is -0.373 e. The van der Waals surface area contributed by atoms with E-state index in [0.29, 0.717) is 0 Å². The number of rotatable bonds is 2. The zero-order valence-corrected chi connectivity index (χ0v) is 9.78. The van der Waals surface area contributed by atoms with E-state index in [2.05, 4.69) is 41.3 Å². The summed E-state index contributed by atoms with van der Waals surface area (Å²) >= 11 is 0. The van der Waals surface area contributed by atoms with Gasteiger partial charge in [0.15, 0.2) is 5.82 Å². The van der Waals surface area contributed by atoms with E-state index in [4.69, 9.17) is 0 Å². The second-order valence-corrected chi connectivity index (χ2v) is 3.76. The van der Waals surface area contributed by atoms with Crippen molar-refractivity contribution in [2.45, 2.75) is 13.8 Å². The molecule has 0 radical (unpaired) electrons. The molecule has 0 atom stereocenters. The molecule has 1 aromatic heterocycles. The molecule has 0 aliphatic heterocycles. The summed E-state index contributed by atoms with van der Waals surface area (Å²) in [5, 5.41) is 3.02. The Hall–Kier alpha value is -1.90. The number of aryl methyl sites for hydroxylation is 1. The van der Waals surface area contributed by atoms with Gasteiger partial charge in [-0.05, 0) is 31.0 Å². The third-order valence-electron chi connectivity index (χ3n) is 2.76. The molecule has 1 heterocycles. The first-order valence-corrected chi connectivity index (χ1v) is 5.30. The van der Waals surface area contributed by atoms with Crippen LogP contribution >= 0.6 is 0 Å². The van der Waals surface area contributed by atoms with Crippen molar-refractivity contribution >= 4 is 5.82 Å². The van der Waals surface area contributed by atoms with Crippen molar-refractivity contribution in [2.24, 2.45) is 0 Å². The van der Waals surface area contributed by atoms with Gasteiger partial charge in [-0.1, -0.05) is 18.2 Å². The van der Waals surface area contributed by atoms with E-state index in [1.54, 1.807) is 6.20 Å². The molecule has 0 unspecified atom stereocenters. The van der Waals surface area contributed by atoms with Gasteiger partial charge >= 0.3 is 0 Å². The average Bonchev–Trinajstić information content (AvgIpc) is 2.33. The van der Waals surface area contributed by atoms with Crippen LogP contribution in [0, 0.1) is 13.8 Å².